The van der Waals surface area contributed by atoms with Crippen LogP contribution < -0.4 is 5.32 Å². The van der Waals surface area contributed by atoms with Crippen LogP contribution in [0.2, 0.25) is 0 Å². The Kier molecular flexibility index (Phi) is 4.74. The third-order valence-electron chi connectivity index (χ3n) is 3.19. The number of nitrogens with one attached hydrogen (secondary N) is 1. The summed E-state index contributed by atoms with van der Waals surface area (Å²) in [7, 11) is 0. The van der Waals surface area contributed by atoms with Gasteiger partial charge in [-0.2, -0.15) is 11.3 Å². The van der Waals surface area contributed by atoms with Crippen LogP contribution in [0.3, 0.4) is 0 Å². The first-order valence-corrected chi connectivity index (χ1v) is 7.47. The number of benzene rings is 1. The molecule has 0 saturated heterocycles. The van der Waals surface area contributed by atoms with Gasteiger partial charge in [0.05, 0.1) is 0 Å². The summed E-state index contributed by atoms with van der Waals surface area (Å²) in [4.78, 5) is 11.7. The van der Waals surface area contributed by atoms with Crippen molar-refractivity contribution in [3.63, 3.8) is 0 Å². The van der Waals surface area contributed by atoms with Gasteiger partial charge < -0.3 is 5.32 Å². The lowest BCUT2D eigenvalue weighted by Gasteiger charge is -2.07. The zero-order valence-electron chi connectivity index (χ0n) is 11.4. The van der Waals surface area contributed by atoms with Gasteiger partial charge in [-0.3, -0.25) is 4.79 Å². The van der Waals surface area contributed by atoms with Crippen LogP contribution >= 0.6 is 11.3 Å². The first-order valence-electron chi connectivity index (χ1n) is 6.53. The van der Waals surface area contributed by atoms with E-state index in [0.717, 1.165) is 24.9 Å². The molecule has 0 aliphatic carbocycles. The maximum absolute atomic E-state index is 11.7. The third-order valence-corrected chi connectivity index (χ3v) is 3.87. The maximum Gasteiger partial charge on any atom is 0.252 e. The molecule has 2 aromatic rings. The molecule has 1 heterocycles. The van der Waals surface area contributed by atoms with E-state index < -0.39 is 0 Å². The molecule has 0 fully saturated rings. The van der Waals surface area contributed by atoms with Crippen molar-refractivity contribution in [3.05, 3.63) is 57.3 Å². The largest absolute Gasteiger partial charge is 0.352 e. The van der Waals surface area contributed by atoms with Gasteiger partial charge >= 0.3 is 0 Å². The van der Waals surface area contributed by atoms with Crippen molar-refractivity contribution >= 4 is 17.2 Å². The predicted molar refractivity (Wildman–Crippen MR) is 80.9 cm³/mol. The molecule has 0 aliphatic rings. The van der Waals surface area contributed by atoms with Gasteiger partial charge in [-0.1, -0.05) is 23.8 Å². The number of hydrogen-bond acceptors (Lipinski definition) is 2. The Morgan fingerprint density at radius 3 is 2.79 bits per heavy atom. The molecule has 1 N–H and O–H groups in total. The molecule has 0 saturated carbocycles. The van der Waals surface area contributed by atoms with E-state index in [1.165, 1.54) is 16.7 Å². The molecule has 0 bridgehead atoms. The number of carbonyl (C=O) groups is 1. The van der Waals surface area contributed by atoms with Crippen LogP contribution in [-0.4, -0.2) is 12.5 Å². The van der Waals surface area contributed by atoms with Crippen molar-refractivity contribution in [2.24, 2.45) is 0 Å². The van der Waals surface area contributed by atoms with E-state index >= 15 is 0 Å². The number of hydrogen-bond donors (Lipinski definition) is 1. The van der Waals surface area contributed by atoms with Crippen LogP contribution in [0.1, 0.15) is 33.5 Å². The summed E-state index contributed by atoms with van der Waals surface area (Å²) >= 11 is 1.55. The summed E-state index contributed by atoms with van der Waals surface area (Å²) in [6.07, 6.45) is 1.98. The second kappa shape index (κ2) is 6.53. The van der Waals surface area contributed by atoms with Gasteiger partial charge in [0.2, 0.25) is 0 Å². The minimum Gasteiger partial charge on any atom is -0.352 e. The highest BCUT2D eigenvalue weighted by Gasteiger charge is 2.04. The summed E-state index contributed by atoms with van der Waals surface area (Å²) in [6.45, 7) is 4.98. The fraction of sp³-hybridized carbons (Fsp3) is 0.312. The van der Waals surface area contributed by atoms with Crippen LogP contribution in [0.15, 0.2) is 35.0 Å². The van der Waals surface area contributed by atoms with Gasteiger partial charge in [0.25, 0.3) is 5.91 Å². The van der Waals surface area contributed by atoms with Crippen LogP contribution in [-0.2, 0) is 6.42 Å². The lowest BCUT2D eigenvalue weighted by atomic mass is 10.0. The molecule has 2 nitrogen and oxygen atoms in total. The average molecular weight is 273 g/mol. The highest BCUT2D eigenvalue weighted by molar-refractivity contribution is 7.08. The smallest absolute Gasteiger partial charge is 0.252 e. The highest BCUT2D eigenvalue weighted by Crippen LogP contribution is 2.12. The van der Waals surface area contributed by atoms with Crippen molar-refractivity contribution in [1.29, 1.82) is 0 Å². The average Bonchev–Trinajstić information content (AvgIpc) is 2.90. The zero-order chi connectivity index (χ0) is 13.7. The van der Waals surface area contributed by atoms with Crippen LogP contribution in [0, 0.1) is 13.8 Å². The normalized spacial score (nSPS) is 10.4. The minimum absolute atomic E-state index is 0.0295. The fourth-order valence-electron chi connectivity index (χ4n) is 2.10. The molecule has 100 valence electrons. The molecule has 2 rings (SSSR count). The van der Waals surface area contributed by atoms with Crippen LogP contribution in [0.4, 0.5) is 0 Å². The quantitative estimate of drug-likeness (QED) is 0.826. The first-order chi connectivity index (χ1) is 9.16. The first kappa shape index (κ1) is 13.8. The van der Waals surface area contributed by atoms with Gasteiger partial charge in [0.15, 0.2) is 0 Å². The summed E-state index contributed by atoms with van der Waals surface area (Å²) in [6, 6.07) is 8.39. The fourth-order valence-corrected chi connectivity index (χ4v) is 2.74. The molecule has 3 heteroatoms. The third kappa shape index (κ3) is 3.93. The van der Waals surface area contributed by atoms with Gasteiger partial charge in [0.1, 0.15) is 0 Å². The molecule has 0 unspecified atom stereocenters. The molecule has 0 aliphatic heterocycles. The molecule has 0 radical (unpaired) electrons. The lowest BCUT2D eigenvalue weighted by molar-refractivity contribution is 0.0953. The van der Waals surface area contributed by atoms with E-state index in [2.05, 4.69) is 37.4 Å². The zero-order valence-corrected chi connectivity index (χ0v) is 12.2. The number of amides is 1. The predicted octanol–water partition coefficient (Wildman–Crippen LogP) is 3.73. The molecular formula is C16H19NOS. The van der Waals surface area contributed by atoms with E-state index in [4.69, 9.17) is 0 Å². The number of aryl methyl sites for hydroxylation is 3. The monoisotopic (exact) mass is 273 g/mol. The Morgan fingerprint density at radius 1 is 1.26 bits per heavy atom. The van der Waals surface area contributed by atoms with E-state index in [1.807, 2.05) is 16.8 Å². The summed E-state index contributed by atoms with van der Waals surface area (Å²) in [5.74, 6) is 0.0295. The lowest BCUT2D eigenvalue weighted by Crippen LogP contribution is -2.24. The molecule has 1 amide bonds. The van der Waals surface area contributed by atoms with E-state index in [1.54, 1.807) is 11.3 Å². The Balaban J connectivity index is 1.76. The Morgan fingerprint density at radius 2 is 2.11 bits per heavy atom. The number of carbonyl (C=O) groups excluding carboxylic acids is 1. The highest BCUT2D eigenvalue weighted by atomic mass is 32.1. The molecule has 19 heavy (non-hydrogen) atoms. The van der Waals surface area contributed by atoms with E-state index in [-0.39, 0.29) is 5.91 Å². The van der Waals surface area contributed by atoms with Crippen molar-refractivity contribution in [2.45, 2.75) is 26.7 Å². The second-order valence-corrected chi connectivity index (χ2v) is 5.58. The van der Waals surface area contributed by atoms with Crippen LogP contribution in [0.5, 0.6) is 0 Å². The Labute approximate surface area is 118 Å². The summed E-state index contributed by atoms with van der Waals surface area (Å²) in [5.41, 5.74) is 4.77. The maximum atomic E-state index is 11.7. The van der Waals surface area contributed by atoms with Gasteiger partial charge in [-0.15, -0.1) is 0 Å². The molecule has 0 spiro atoms. The summed E-state index contributed by atoms with van der Waals surface area (Å²) in [5, 5.41) is 6.75. The Hall–Kier alpha value is -1.61. The molecular weight excluding hydrogens is 254 g/mol. The van der Waals surface area contributed by atoms with Gasteiger partial charge in [-0.25, -0.2) is 0 Å². The molecule has 1 aromatic heterocycles. The summed E-state index contributed by atoms with van der Waals surface area (Å²) < 4.78 is 0. The van der Waals surface area contributed by atoms with Crippen molar-refractivity contribution < 1.29 is 4.79 Å². The molecule has 1 aromatic carbocycles. The van der Waals surface area contributed by atoms with Gasteiger partial charge in [0, 0.05) is 17.5 Å². The van der Waals surface area contributed by atoms with Crippen molar-refractivity contribution in [2.75, 3.05) is 6.54 Å². The number of thiophene rings is 1. The van der Waals surface area contributed by atoms with Crippen molar-refractivity contribution in [1.82, 2.24) is 5.32 Å². The van der Waals surface area contributed by atoms with Crippen molar-refractivity contribution in [3.8, 4) is 0 Å². The SMILES string of the molecule is Cc1ccc(CCCNC(=O)c2ccsc2)c(C)c1. The van der Waals surface area contributed by atoms with Gasteiger partial charge in [-0.05, 0) is 49.3 Å². The minimum atomic E-state index is 0.0295. The number of rotatable bonds is 5. The van der Waals surface area contributed by atoms with Crippen LogP contribution in [0.25, 0.3) is 0 Å². The topological polar surface area (TPSA) is 29.1 Å². The van der Waals surface area contributed by atoms with E-state index in [9.17, 15) is 4.79 Å². The molecule has 0 atom stereocenters. The standard InChI is InChI=1S/C16H19NOS/c1-12-5-6-14(13(2)10-12)4-3-8-17-16(18)15-7-9-19-11-15/h5-7,9-11H,3-4,8H2,1-2H3,(H,17,18). The van der Waals surface area contributed by atoms with E-state index in [0.29, 0.717) is 0 Å². The second-order valence-electron chi connectivity index (χ2n) is 4.80. The Bertz CT molecular complexity index is 546.